The van der Waals surface area contributed by atoms with Gasteiger partial charge in [0.15, 0.2) is 6.29 Å². The number of alkyl halides is 1. The maximum Gasteiger partial charge on any atom is 0.255 e. The van der Waals surface area contributed by atoms with Crippen LogP contribution in [0.4, 0.5) is 10.1 Å². The third kappa shape index (κ3) is 12.8. The number of benzene rings is 1. The Labute approximate surface area is 397 Å². The molecule has 3 N–H and O–H groups in total. The van der Waals surface area contributed by atoms with Gasteiger partial charge in [0, 0.05) is 93.1 Å². The third-order valence-electron chi connectivity index (χ3n) is 15.0. The number of likely N-dealkylation sites (N-methyl/N-ethyl adjacent to an activating group) is 2. The second-order valence-electron chi connectivity index (χ2n) is 18.6. The van der Waals surface area contributed by atoms with E-state index in [-0.39, 0.29) is 42.3 Å². The number of halogens is 1. The Kier molecular flexibility index (Phi) is 20.6. The predicted molar refractivity (Wildman–Crippen MR) is 265 cm³/mol. The zero-order valence-corrected chi connectivity index (χ0v) is 41.0. The van der Waals surface area contributed by atoms with Crippen molar-refractivity contribution in [3.8, 4) is 0 Å². The summed E-state index contributed by atoms with van der Waals surface area (Å²) in [6, 6.07) is 5.69. The van der Waals surface area contributed by atoms with Crippen LogP contribution in [0.2, 0.25) is 0 Å². The second-order valence-corrected chi connectivity index (χ2v) is 20.0. The third-order valence-corrected chi connectivity index (χ3v) is 16.5. The Bertz CT molecular complexity index is 1900. The molecule has 16 heteroatoms. The van der Waals surface area contributed by atoms with E-state index in [0.29, 0.717) is 35.4 Å². The van der Waals surface area contributed by atoms with Crippen molar-refractivity contribution < 1.29 is 28.4 Å². The molecule has 2 saturated carbocycles. The molecule has 14 nitrogen and oxygen atoms in total. The fourth-order valence-corrected chi connectivity index (χ4v) is 12.4. The number of amides is 3. The first-order valence-corrected chi connectivity index (χ1v) is 25.0. The van der Waals surface area contributed by atoms with Crippen LogP contribution in [0.25, 0.3) is 0 Å². The summed E-state index contributed by atoms with van der Waals surface area (Å²) in [5.74, 6) is 0.535. The first-order chi connectivity index (χ1) is 32.1. The zero-order valence-electron chi connectivity index (χ0n) is 40.2. The minimum Gasteiger partial charge on any atom is -0.371 e. The molecule has 3 unspecified atom stereocenters. The molecule has 0 radical (unpaired) electrons. The van der Waals surface area contributed by atoms with E-state index in [1.807, 2.05) is 23.1 Å². The van der Waals surface area contributed by atoms with Gasteiger partial charge in [-0.3, -0.25) is 42.8 Å². The molecular formula is C50H76FN9O5S. The zero-order chi connectivity index (χ0) is 47.8. The fourth-order valence-electron chi connectivity index (χ4n) is 11.1. The highest BCUT2D eigenvalue weighted by molar-refractivity contribution is 7.97. The number of carbonyl (C=O) groups excluding carboxylic acids is 5. The highest BCUT2D eigenvalue weighted by atomic mass is 32.2. The van der Waals surface area contributed by atoms with Crippen LogP contribution in [0.15, 0.2) is 52.1 Å². The Morgan fingerprint density at radius 1 is 0.970 bits per heavy atom. The molecular weight excluding hydrogens is 858 g/mol. The summed E-state index contributed by atoms with van der Waals surface area (Å²) < 4.78 is 12.1. The standard InChI is InChI=1S/C48H68N8O5S.CH3F.CH5N/c1-34-7-5-8-42(34)56-44(59)13-10-35(32-49-2)45(56)51-37-16-26-55(27-17-37)62-40-18-24-53(25-19-40)38-14-20-48(21-15-38)22-28-54(29-23-48)39-11-12-41(36(31-39)33-58)47(61)52(4)43(9-6-30-57)46(60)50-3;2*1-2/h10-13,30-34,37-38,40,42-43H,2,5-9,14-29H2,1,3-4H3,(H,50,60);1H3;2H2,1H3/b35-32-,51-45?;;. The lowest BCUT2D eigenvalue weighted by Crippen LogP contribution is -2.48. The molecule has 7 rings (SSSR count). The molecule has 0 bridgehead atoms. The molecule has 66 heavy (non-hydrogen) atoms. The van der Waals surface area contributed by atoms with Crippen LogP contribution in [-0.2, 0) is 14.4 Å². The average molecular weight is 934 g/mol. The number of nitrogens with zero attached hydrogens (tertiary/aromatic N) is 7. The van der Waals surface area contributed by atoms with E-state index in [4.69, 9.17) is 4.99 Å². The summed E-state index contributed by atoms with van der Waals surface area (Å²) in [6.45, 7) is 12.2. The van der Waals surface area contributed by atoms with Gasteiger partial charge in [-0.05, 0) is 146 Å². The van der Waals surface area contributed by atoms with Gasteiger partial charge in [-0.15, -0.1) is 0 Å². The fraction of sp³-hybridized carbons (Fsp3) is 0.660. The number of anilines is 1. The number of piperidine rings is 3. The van der Waals surface area contributed by atoms with E-state index < -0.39 is 11.9 Å². The average Bonchev–Trinajstić information content (AvgIpc) is 3.79. The van der Waals surface area contributed by atoms with Crippen molar-refractivity contribution in [3.63, 3.8) is 0 Å². The van der Waals surface area contributed by atoms with Gasteiger partial charge in [-0.25, -0.2) is 0 Å². The maximum atomic E-state index is 13.5. The Morgan fingerprint density at radius 3 is 2.24 bits per heavy atom. The lowest BCUT2D eigenvalue weighted by molar-refractivity contribution is -0.125. The molecule has 1 aromatic carbocycles. The molecule has 2 aliphatic carbocycles. The molecule has 4 aliphatic heterocycles. The minimum atomic E-state index is -0.802. The van der Waals surface area contributed by atoms with Gasteiger partial charge in [0.1, 0.15) is 18.2 Å². The molecule has 5 fully saturated rings. The van der Waals surface area contributed by atoms with E-state index in [2.05, 4.69) is 55.7 Å². The highest BCUT2D eigenvalue weighted by Gasteiger charge is 2.41. The van der Waals surface area contributed by atoms with Crippen LogP contribution in [-0.4, -0.2) is 159 Å². The summed E-state index contributed by atoms with van der Waals surface area (Å²) in [4.78, 5) is 80.1. The topological polar surface area (TPSA) is 164 Å². The highest BCUT2D eigenvalue weighted by Crippen LogP contribution is 2.47. The predicted octanol–water partition coefficient (Wildman–Crippen LogP) is 6.50. The molecule has 4 heterocycles. The van der Waals surface area contributed by atoms with Gasteiger partial charge < -0.3 is 30.5 Å². The van der Waals surface area contributed by atoms with Crippen LogP contribution < -0.4 is 16.0 Å². The molecule has 364 valence electrons. The van der Waals surface area contributed by atoms with Crippen LogP contribution in [0, 0.1) is 11.3 Å². The molecule has 6 aliphatic rings. The molecule has 3 atom stereocenters. The Morgan fingerprint density at radius 2 is 1.65 bits per heavy atom. The number of amidine groups is 1. The molecule has 3 saturated heterocycles. The van der Waals surface area contributed by atoms with Gasteiger partial charge in [-0.1, -0.05) is 25.3 Å². The number of rotatable bonds is 14. The number of nitrogens with two attached hydrogens (primary N) is 1. The van der Waals surface area contributed by atoms with Gasteiger partial charge in [0.05, 0.1) is 18.8 Å². The van der Waals surface area contributed by atoms with E-state index in [0.717, 1.165) is 101 Å². The van der Waals surface area contributed by atoms with Crippen LogP contribution >= 0.6 is 11.9 Å². The van der Waals surface area contributed by atoms with Crippen molar-refractivity contribution >= 4 is 60.5 Å². The van der Waals surface area contributed by atoms with Crippen molar-refractivity contribution in [2.45, 2.75) is 133 Å². The van der Waals surface area contributed by atoms with Crippen LogP contribution in [0.3, 0.4) is 0 Å². The molecule has 1 aromatic rings. The van der Waals surface area contributed by atoms with E-state index in [1.54, 1.807) is 25.4 Å². The number of hydrogen-bond acceptors (Lipinski definition) is 12. The summed E-state index contributed by atoms with van der Waals surface area (Å²) in [7, 11) is 5.05. The van der Waals surface area contributed by atoms with Crippen molar-refractivity contribution in [1.82, 2.24) is 24.3 Å². The number of nitrogens with one attached hydrogen (secondary N) is 1. The van der Waals surface area contributed by atoms with Crippen LogP contribution in [0.1, 0.15) is 124 Å². The van der Waals surface area contributed by atoms with E-state index in [9.17, 15) is 28.4 Å². The van der Waals surface area contributed by atoms with Gasteiger partial charge in [-0.2, -0.15) is 0 Å². The maximum absolute atomic E-state index is 13.5. The van der Waals surface area contributed by atoms with Crippen molar-refractivity contribution in [1.29, 1.82) is 0 Å². The Balaban J connectivity index is 0.00000199. The summed E-state index contributed by atoms with van der Waals surface area (Å²) in [6.07, 6.45) is 22.2. The number of hydrogen-bond donors (Lipinski definition) is 2. The SMILES string of the molecule is C=N/C=C1/C=CC(=O)N(C2CCCC2C)C1=NC1CCN(SC2CCN(C3CCC4(CC3)CCN(c3ccc(C(=O)N(C)C(CCC=O)C(=O)NC)c(C=O)c3)CC4)CC2)CC1.CF.CN. The van der Waals surface area contributed by atoms with Crippen LogP contribution in [0.5, 0.6) is 0 Å². The minimum absolute atomic E-state index is 0.0399. The van der Waals surface area contributed by atoms with Crippen molar-refractivity contribution in [2.24, 2.45) is 27.1 Å². The molecule has 0 aromatic heterocycles. The number of aliphatic imine (C=N–C) groups is 2. The quantitative estimate of drug-likeness (QED) is 0.120. The first kappa shape index (κ1) is 52.7. The van der Waals surface area contributed by atoms with E-state index >= 15 is 0 Å². The van der Waals surface area contributed by atoms with E-state index in [1.165, 1.54) is 70.6 Å². The summed E-state index contributed by atoms with van der Waals surface area (Å²) in [5.41, 5.74) is 7.28. The van der Waals surface area contributed by atoms with Gasteiger partial charge in [0.25, 0.3) is 11.8 Å². The molecule has 3 amide bonds. The Hall–Kier alpha value is -4.25. The first-order valence-electron chi connectivity index (χ1n) is 24.2. The number of aldehydes is 2. The smallest absolute Gasteiger partial charge is 0.255 e. The lowest BCUT2D eigenvalue weighted by atomic mass is 9.66. The number of carbonyl (C=O) groups is 5. The summed E-state index contributed by atoms with van der Waals surface area (Å²) >= 11 is 2.08. The van der Waals surface area contributed by atoms with Gasteiger partial charge >= 0.3 is 0 Å². The van der Waals surface area contributed by atoms with Gasteiger partial charge in [0.2, 0.25) is 5.91 Å². The molecule has 1 spiro atoms. The van der Waals surface area contributed by atoms with Crippen molar-refractivity contribution in [3.05, 3.63) is 53.3 Å². The largest absolute Gasteiger partial charge is 0.371 e. The lowest BCUT2D eigenvalue weighted by Gasteiger charge is -2.49. The number of likely N-dealkylation sites (tertiary alicyclic amines) is 1. The normalized spacial score (nSPS) is 24.9. The summed E-state index contributed by atoms with van der Waals surface area (Å²) in [5, 5.41) is 3.23. The monoisotopic (exact) mass is 934 g/mol. The van der Waals surface area contributed by atoms with Crippen molar-refractivity contribution in [2.75, 3.05) is 72.5 Å². The second kappa shape index (κ2) is 25.8.